The second kappa shape index (κ2) is 4.95. The number of aromatic carboxylic acids is 1. The highest BCUT2D eigenvalue weighted by atomic mass is 19.4. The van der Waals surface area contributed by atoms with Gasteiger partial charge in [-0.05, 0) is 17.7 Å². The average molecular weight is 286 g/mol. The molecule has 20 heavy (non-hydrogen) atoms. The predicted octanol–water partition coefficient (Wildman–Crippen LogP) is 1.37. The first-order chi connectivity index (χ1) is 9.28. The first-order valence-corrected chi connectivity index (χ1v) is 5.54. The zero-order valence-electron chi connectivity index (χ0n) is 9.99. The number of amides is 1. The first-order valence-electron chi connectivity index (χ1n) is 5.54. The van der Waals surface area contributed by atoms with Gasteiger partial charge in [0.05, 0.1) is 12.1 Å². The largest absolute Gasteiger partial charge is 0.478 e. The van der Waals surface area contributed by atoms with Crippen molar-refractivity contribution >= 4 is 17.6 Å². The number of aliphatic imine (C=N–C) groups is 1. The number of nitrogens with one attached hydrogen (secondary N) is 1. The van der Waals surface area contributed by atoms with Crippen LogP contribution in [0.15, 0.2) is 23.2 Å². The van der Waals surface area contributed by atoms with Crippen molar-refractivity contribution < 1.29 is 27.9 Å². The average Bonchev–Trinajstić information content (AvgIpc) is 2.77. The summed E-state index contributed by atoms with van der Waals surface area (Å²) in [6, 6.07) is 4.08. The fraction of sp³-hybridized carbons (Fsp3) is 0.250. The Labute approximate surface area is 111 Å². The summed E-state index contributed by atoms with van der Waals surface area (Å²) < 4.78 is 36.1. The topological polar surface area (TPSA) is 78.8 Å². The second-order valence-corrected chi connectivity index (χ2v) is 4.14. The Kier molecular flexibility index (Phi) is 3.47. The molecule has 0 spiro atoms. The minimum atomic E-state index is -4.51. The Morgan fingerprint density at radius 3 is 2.65 bits per heavy atom. The van der Waals surface area contributed by atoms with Gasteiger partial charge >= 0.3 is 12.1 Å². The van der Waals surface area contributed by atoms with Crippen LogP contribution in [0.5, 0.6) is 0 Å². The molecule has 106 valence electrons. The van der Waals surface area contributed by atoms with Crippen molar-refractivity contribution in [3.05, 3.63) is 34.9 Å². The molecule has 1 aromatic carbocycles. The zero-order chi connectivity index (χ0) is 14.9. The van der Waals surface area contributed by atoms with E-state index in [-0.39, 0.29) is 23.4 Å². The van der Waals surface area contributed by atoms with Gasteiger partial charge in [-0.3, -0.25) is 9.79 Å². The molecule has 1 heterocycles. The smallest absolute Gasteiger partial charge is 0.405 e. The monoisotopic (exact) mass is 286 g/mol. The Bertz CT molecular complexity index is 608. The Balaban J connectivity index is 2.20. The van der Waals surface area contributed by atoms with E-state index in [9.17, 15) is 22.8 Å². The predicted molar refractivity (Wildman–Crippen MR) is 62.7 cm³/mol. The Morgan fingerprint density at radius 2 is 2.05 bits per heavy atom. The van der Waals surface area contributed by atoms with Crippen molar-refractivity contribution in [1.82, 2.24) is 5.32 Å². The van der Waals surface area contributed by atoms with E-state index in [2.05, 4.69) is 4.99 Å². The van der Waals surface area contributed by atoms with Gasteiger partial charge in [0.15, 0.2) is 0 Å². The van der Waals surface area contributed by atoms with Crippen LogP contribution >= 0.6 is 0 Å². The van der Waals surface area contributed by atoms with Gasteiger partial charge in [0.2, 0.25) is 0 Å². The maximum absolute atomic E-state index is 12.0. The van der Waals surface area contributed by atoms with Crippen molar-refractivity contribution in [2.24, 2.45) is 4.99 Å². The summed E-state index contributed by atoms with van der Waals surface area (Å²) in [5.41, 5.74) is 0.631. The molecule has 1 aromatic rings. The van der Waals surface area contributed by atoms with Crippen molar-refractivity contribution in [3.8, 4) is 0 Å². The number of carbonyl (C=O) groups is 2. The van der Waals surface area contributed by atoms with Crippen molar-refractivity contribution in [1.29, 1.82) is 0 Å². The van der Waals surface area contributed by atoms with E-state index >= 15 is 0 Å². The van der Waals surface area contributed by atoms with Gasteiger partial charge < -0.3 is 10.4 Å². The molecule has 1 aliphatic heterocycles. The zero-order valence-corrected chi connectivity index (χ0v) is 9.99. The van der Waals surface area contributed by atoms with E-state index in [1.165, 1.54) is 18.2 Å². The summed E-state index contributed by atoms with van der Waals surface area (Å²) in [7, 11) is 0. The number of alkyl halides is 3. The highest BCUT2D eigenvalue weighted by Crippen LogP contribution is 2.21. The Hall–Kier alpha value is -2.38. The van der Waals surface area contributed by atoms with Gasteiger partial charge in [-0.2, -0.15) is 13.2 Å². The number of benzene rings is 1. The van der Waals surface area contributed by atoms with E-state index in [4.69, 9.17) is 5.11 Å². The lowest BCUT2D eigenvalue weighted by Crippen LogP contribution is -2.38. The van der Waals surface area contributed by atoms with Crippen LogP contribution in [0, 0.1) is 0 Å². The number of carboxylic acid groups (broad SMARTS) is 1. The normalized spacial score (nSPS) is 13.7. The van der Waals surface area contributed by atoms with Gasteiger partial charge in [0.1, 0.15) is 12.3 Å². The third-order valence-electron chi connectivity index (χ3n) is 2.68. The van der Waals surface area contributed by atoms with E-state index in [0.29, 0.717) is 5.56 Å². The van der Waals surface area contributed by atoms with Crippen molar-refractivity contribution in [3.63, 3.8) is 0 Å². The summed E-state index contributed by atoms with van der Waals surface area (Å²) >= 11 is 0. The summed E-state index contributed by atoms with van der Waals surface area (Å²) in [5.74, 6) is -2.15. The molecule has 0 unspecified atom stereocenters. The second-order valence-electron chi connectivity index (χ2n) is 4.14. The third-order valence-corrected chi connectivity index (χ3v) is 2.68. The van der Waals surface area contributed by atoms with Gasteiger partial charge in [0, 0.05) is 5.56 Å². The Morgan fingerprint density at radius 1 is 1.35 bits per heavy atom. The highest BCUT2D eigenvalue weighted by molar-refractivity contribution is 6.46. The van der Waals surface area contributed by atoms with Crippen LogP contribution in [0.1, 0.15) is 21.5 Å². The molecule has 8 heteroatoms. The molecule has 0 atom stereocenters. The fourth-order valence-electron chi connectivity index (χ4n) is 1.78. The van der Waals surface area contributed by atoms with Crippen LogP contribution in [0.25, 0.3) is 0 Å². The number of nitrogens with zero attached hydrogens (tertiary/aromatic N) is 1. The number of fused-ring (bicyclic) bond motifs is 1. The van der Waals surface area contributed by atoms with E-state index in [0.717, 1.165) is 0 Å². The van der Waals surface area contributed by atoms with E-state index in [1.54, 1.807) is 5.32 Å². The molecule has 0 fully saturated rings. The number of halogens is 3. The van der Waals surface area contributed by atoms with Gasteiger partial charge in [0.25, 0.3) is 5.91 Å². The van der Waals surface area contributed by atoms with Gasteiger partial charge in [-0.25, -0.2) is 4.79 Å². The molecule has 5 nitrogen and oxygen atoms in total. The van der Waals surface area contributed by atoms with Crippen LogP contribution in [0.4, 0.5) is 13.2 Å². The first kappa shape index (κ1) is 14.0. The van der Waals surface area contributed by atoms with Crippen LogP contribution in [-0.4, -0.2) is 35.4 Å². The molecule has 0 bridgehead atoms. The number of carboxylic acids is 1. The van der Waals surface area contributed by atoms with Crippen LogP contribution in [-0.2, 0) is 11.3 Å². The SMILES string of the molecule is O=C(NCC(F)(F)F)C1=NCc2ccc(C(=O)O)cc21. The van der Waals surface area contributed by atoms with Crippen molar-refractivity contribution in [2.75, 3.05) is 6.54 Å². The molecule has 2 N–H and O–H groups in total. The fourth-order valence-corrected chi connectivity index (χ4v) is 1.78. The summed E-state index contributed by atoms with van der Waals surface area (Å²) in [6.07, 6.45) is -4.51. The molecular weight excluding hydrogens is 277 g/mol. The highest BCUT2D eigenvalue weighted by Gasteiger charge is 2.30. The minimum Gasteiger partial charge on any atom is -0.478 e. The van der Waals surface area contributed by atoms with Crippen LogP contribution in [0.2, 0.25) is 0 Å². The lowest BCUT2D eigenvalue weighted by molar-refractivity contribution is -0.134. The molecule has 1 aliphatic rings. The molecular formula is C12H9F3N2O3. The molecule has 0 saturated carbocycles. The molecule has 0 radical (unpaired) electrons. The summed E-state index contributed by atoms with van der Waals surface area (Å²) in [4.78, 5) is 26.3. The molecule has 1 amide bonds. The van der Waals surface area contributed by atoms with Crippen LogP contribution in [0.3, 0.4) is 0 Å². The molecule has 0 saturated heterocycles. The maximum atomic E-state index is 12.0. The molecule has 0 aromatic heterocycles. The van der Waals surface area contributed by atoms with Crippen molar-refractivity contribution in [2.45, 2.75) is 12.7 Å². The quantitative estimate of drug-likeness (QED) is 0.880. The van der Waals surface area contributed by atoms with Gasteiger partial charge in [-0.15, -0.1) is 0 Å². The number of hydrogen-bond acceptors (Lipinski definition) is 3. The summed E-state index contributed by atoms with van der Waals surface area (Å²) in [6.45, 7) is -1.32. The molecule has 2 rings (SSSR count). The standard InChI is InChI=1S/C12H9F3N2O3/c13-12(14,15)5-17-10(18)9-8-3-6(11(19)20)1-2-7(8)4-16-9/h1-3H,4-5H2,(H,17,18)(H,19,20). The van der Waals surface area contributed by atoms with E-state index < -0.39 is 24.6 Å². The number of carbonyl (C=O) groups excluding carboxylic acids is 1. The lowest BCUT2D eigenvalue weighted by atomic mass is 10.0. The lowest BCUT2D eigenvalue weighted by Gasteiger charge is -2.09. The maximum Gasteiger partial charge on any atom is 0.405 e. The number of rotatable bonds is 3. The minimum absolute atomic E-state index is 0.0537. The summed E-state index contributed by atoms with van der Waals surface area (Å²) in [5, 5.41) is 10.6. The van der Waals surface area contributed by atoms with Gasteiger partial charge in [-0.1, -0.05) is 6.07 Å². The molecule has 0 aliphatic carbocycles. The number of hydrogen-bond donors (Lipinski definition) is 2. The van der Waals surface area contributed by atoms with Crippen LogP contribution < -0.4 is 5.32 Å². The third kappa shape index (κ3) is 2.95. The van der Waals surface area contributed by atoms with E-state index in [1.807, 2.05) is 0 Å².